The maximum absolute atomic E-state index is 12.5. The van der Waals surface area contributed by atoms with Gasteiger partial charge in [-0.05, 0) is 42.5 Å². The van der Waals surface area contributed by atoms with Crippen molar-refractivity contribution < 1.29 is 4.79 Å². The summed E-state index contributed by atoms with van der Waals surface area (Å²) in [6.45, 7) is 0. The molecule has 128 valence electrons. The van der Waals surface area contributed by atoms with Crippen LogP contribution in [0.3, 0.4) is 0 Å². The molecule has 2 aromatic heterocycles. The van der Waals surface area contributed by atoms with Gasteiger partial charge in [0.05, 0.1) is 11.4 Å². The lowest BCUT2D eigenvalue weighted by Crippen LogP contribution is -2.19. The maximum Gasteiger partial charge on any atom is 0.323 e. The van der Waals surface area contributed by atoms with Crippen molar-refractivity contribution in [1.29, 1.82) is 0 Å². The highest BCUT2D eigenvalue weighted by atomic mass is 35.5. The van der Waals surface area contributed by atoms with E-state index < -0.39 is 0 Å². The second-order valence-corrected chi connectivity index (χ2v) is 6.18. The van der Waals surface area contributed by atoms with Gasteiger partial charge in [-0.2, -0.15) is 0 Å². The number of aromatic nitrogens is 2. The molecule has 5 nitrogen and oxygen atoms in total. The Hall–Kier alpha value is -3.31. The van der Waals surface area contributed by atoms with Crippen LogP contribution in [0.1, 0.15) is 0 Å². The number of hydrogen-bond acceptors (Lipinski definition) is 2. The molecule has 0 aliphatic carbocycles. The minimum atomic E-state index is -0.331. The molecule has 0 saturated heterocycles. The Bertz CT molecular complexity index is 1060. The first kappa shape index (κ1) is 16.2. The van der Waals surface area contributed by atoms with E-state index in [-0.39, 0.29) is 6.03 Å². The Kier molecular flexibility index (Phi) is 4.29. The number of urea groups is 1. The van der Waals surface area contributed by atoms with E-state index in [9.17, 15) is 4.79 Å². The van der Waals surface area contributed by atoms with E-state index in [2.05, 4.69) is 20.6 Å². The van der Waals surface area contributed by atoms with E-state index in [1.807, 2.05) is 36.4 Å². The van der Waals surface area contributed by atoms with Gasteiger partial charge in [0, 0.05) is 39.6 Å². The Morgan fingerprint density at radius 1 is 0.962 bits per heavy atom. The molecule has 26 heavy (non-hydrogen) atoms. The van der Waals surface area contributed by atoms with Crippen molar-refractivity contribution in [3.05, 3.63) is 78.1 Å². The number of halogens is 1. The number of hydrogen-bond donors (Lipinski definition) is 3. The van der Waals surface area contributed by atoms with Crippen LogP contribution >= 0.6 is 11.6 Å². The molecule has 4 aromatic rings. The Morgan fingerprint density at radius 3 is 2.54 bits per heavy atom. The summed E-state index contributed by atoms with van der Waals surface area (Å²) in [4.78, 5) is 20.0. The molecule has 0 atom stereocenters. The van der Waals surface area contributed by atoms with Crippen molar-refractivity contribution in [3.63, 3.8) is 0 Å². The highest BCUT2D eigenvalue weighted by Crippen LogP contribution is 2.34. The molecule has 0 radical (unpaired) electrons. The Morgan fingerprint density at radius 2 is 1.77 bits per heavy atom. The van der Waals surface area contributed by atoms with E-state index in [4.69, 9.17) is 11.6 Å². The number of anilines is 2. The van der Waals surface area contributed by atoms with Gasteiger partial charge in [-0.25, -0.2) is 4.79 Å². The number of fused-ring (bicyclic) bond motifs is 1. The lowest BCUT2D eigenvalue weighted by molar-refractivity contribution is 0.262. The van der Waals surface area contributed by atoms with Gasteiger partial charge in [0.25, 0.3) is 0 Å². The average molecular weight is 363 g/mol. The van der Waals surface area contributed by atoms with Crippen LogP contribution in [0.5, 0.6) is 0 Å². The van der Waals surface area contributed by atoms with Gasteiger partial charge in [-0.1, -0.05) is 29.8 Å². The zero-order valence-corrected chi connectivity index (χ0v) is 14.4. The fourth-order valence-corrected chi connectivity index (χ4v) is 2.93. The highest BCUT2D eigenvalue weighted by molar-refractivity contribution is 6.30. The predicted molar refractivity (Wildman–Crippen MR) is 106 cm³/mol. The van der Waals surface area contributed by atoms with Crippen LogP contribution in [0.4, 0.5) is 16.2 Å². The third-order valence-corrected chi connectivity index (χ3v) is 4.25. The van der Waals surface area contributed by atoms with Crippen molar-refractivity contribution in [2.24, 2.45) is 0 Å². The predicted octanol–water partition coefficient (Wildman–Crippen LogP) is 5.53. The lowest BCUT2D eigenvalue weighted by atomic mass is 10.1. The summed E-state index contributed by atoms with van der Waals surface area (Å²) in [5.74, 6) is 0. The third-order valence-electron chi connectivity index (χ3n) is 4.00. The van der Waals surface area contributed by atoms with E-state index in [0.717, 1.165) is 22.2 Å². The maximum atomic E-state index is 12.5. The van der Waals surface area contributed by atoms with Crippen LogP contribution in [0, 0.1) is 0 Å². The quantitative estimate of drug-likeness (QED) is 0.448. The summed E-state index contributed by atoms with van der Waals surface area (Å²) in [6.07, 6.45) is 3.47. The van der Waals surface area contributed by atoms with Crippen LogP contribution < -0.4 is 10.6 Å². The number of nitrogens with zero attached hydrogens (tertiary/aromatic N) is 1. The standard InChI is InChI=1S/C20H15ClN4O/c21-14-7-9-15(10-8-14)23-20(26)25-19-16-5-1-2-6-17(16)24-18(19)13-4-3-11-22-12-13/h1-12,24H,(H2,23,25,26). The number of aromatic amines is 1. The van der Waals surface area contributed by atoms with Gasteiger partial charge >= 0.3 is 6.03 Å². The fourth-order valence-electron chi connectivity index (χ4n) is 2.81. The normalized spacial score (nSPS) is 10.7. The van der Waals surface area contributed by atoms with Gasteiger partial charge in [-0.3, -0.25) is 4.98 Å². The molecule has 0 fully saturated rings. The molecule has 0 aliphatic rings. The molecule has 0 aliphatic heterocycles. The fraction of sp³-hybridized carbons (Fsp3) is 0. The molecule has 2 amide bonds. The molecular weight excluding hydrogens is 348 g/mol. The Balaban J connectivity index is 1.68. The number of carbonyl (C=O) groups excluding carboxylic acids is 1. The minimum Gasteiger partial charge on any atom is -0.353 e. The summed E-state index contributed by atoms with van der Waals surface area (Å²) in [7, 11) is 0. The van der Waals surface area contributed by atoms with Gasteiger partial charge in [0.1, 0.15) is 0 Å². The molecule has 6 heteroatoms. The molecule has 2 heterocycles. The first-order valence-corrected chi connectivity index (χ1v) is 8.43. The molecule has 0 saturated carbocycles. The van der Waals surface area contributed by atoms with Gasteiger partial charge in [0.2, 0.25) is 0 Å². The average Bonchev–Trinajstić information content (AvgIpc) is 3.03. The second-order valence-electron chi connectivity index (χ2n) is 5.75. The van der Waals surface area contributed by atoms with Crippen molar-refractivity contribution in [3.8, 4) is 11.3 Å². The molecule has 4 rings (SSSR count). The SMILES string of the molecule is O=C(Nc1ccc(Cl)cc1)Nc1c(-c2cccnc2)[nH]c2ccccc12. The zero-order valence-electron chi connectivity index (χ0n) is 13.7. The number of rotatable bonds is 3. The number of amides is 2. The van der Waals surface area contributed by atoms with Crippen molar-refractivity contribution >= 4 is 39.9 Å². The molecule has 0 unspecified atom stereocenters. The number of carbonyl (C=O) groups is 1. The molecule has 0 spiro atoms. The first-order chi connectivity index (χ1) is 12.7. The van der Waals surface area contributed by atoms with Crippen LogP contribution in [-0.2, 0) is 0 Å². The number of benzene rings is 2. The minimum absolute atomic E-state index is 0.331. The van der Waals surface area contributed by atoms with Crippen LogP contribution in [0.2, 0.25) is 5.02 Å². The number of nitrogens with one attached hydrogen (secondary N) is 3. The summed E-state index contributed by atoms with van der Waals surface area (Å²) >= 11 is 5.88. The summed E-state index contributed by atoms with van der Waals surface area (Å²) in [5, 5.41) is 7.31. The van der Waals surface area contributed by atoms with Crippen molar-refractivity contribution in [2.45, 2.75) is 0 Å². The van der Waals surface area contributed by atoms with Crippen LogP contribution in [-0.4, -0.2) is 16.0 Å². The molecule has 3 N–H and O–H groups in total. The number of H-pyrrole nitrogens is 1. The topological polar surface area (TPSA) is 69.8 Å². The molecular formula is C20H15ClN4O. The van der Waals surface area contributed by atoms with Crippen LogP contribution in [0.15, 0.2) is 73.1 Å². The van der Waals surface area contributed by atoms with E-state index in [0.29, 0.717) is 16.4 Å². The van der Waals surface area contributed by atoms with Gasteiger partial charge in [-0.15, -0.1) is 0 Å². The summed E-state index contributed by atoms with van der Waals surface area (Å²) in [5.41, 5.74) is 4.01. The summed E-state index contributed by atoms with van der Waals surface area (Å²) in [6, 6.07) is 18.2. The molecule has 0 bridgehead atoms. The summed E-state index contributed by atoms with van der Waals surface area (Å²) < 4.78 is 0. The van der Waals surface area contributed by atoms with E-state index in [1.165, 1.54) is 0 Å². The van der Waals surface area contributed by atoms with Gasteiger partial charge < -0.3 is 15.6 Å². The largest absolute Gasteiger partial charge is 0.353 e. The number of para-hydroxylation sites is 1. The lowest BCUT2D eigenvalue weighted by Gasteiger charge is -2.09. The van der Waals surface area contributed by atoms with Crippen molar-refractivity contribution in [1.82, 2.24) is 9.97 Å². The highest BCUT2D eigenvalue weighted by Gasteiger charge is 2.15. The second kappa shape index (κ2) is 6.90. The van der Waals surface area contributed by atoms with Gasteiger partial charge in [0.15, 0.2) is 0 Å². The van der Waals surface area contributed by atoms with E-state index >= 15 is 0 Å². The van der Waals surface area contributed by atoms with Crippen molar-refractivity contribution in [2.75, 3.05) is 10.6 Å². The smallest absolute Gasteiger partial charge is 0.323 e. The molecule has 2 aromatic carbocycles. The number of pyridine rings is 1. The van der Waals surface area contributed by atoms with E-state index in [1.54, 1.807) is 36.7 Å². The zero-order chi connectivity index (χ0) is 17.9. The van der Waals surface area contributed by atoms with Crippen LogP contribution in [0.25, 0.3) is 22.2 Å². The monoisotopic (exact) mass is 362 g/mol. The Labute approximate surface area is 155 Å². The first-order valence-electron chi connectivity index (χ1n) is 8.05. The third kappa shape index (κ3) is 3.25.